The molecule has 5 rings (SSSR count). The van der Waals surface area contributed by atoms with Crippen LogP contribution in [0.4, 0.5) is 5.69 Å². The van der Waals surface area contributed by atoms with Gasteiger partial charge >= 0.3 is 0 Å². The highest BCUT2D eigenvalue weighted by atomic mass is 16.3. The minimum absolute atomic E-state index is 0.221. The zero-order valence-electron chi connectivity index (χ0n) is 15.7. The normalized spacial score (nSPS) is 14.3. The highest BCUT2D eigenvalue weighted by Crippen LogP contribution is 2.51. The van der Waals surface area contributed by atoms with E-state index >= 15 is 0 Å². The molecule has 2 N–H and O–H groups in total. The number of fused-ring (bicyclic) bond motifs is 1. The summed E-state index contributed by atoms with van der Waals surface area (Å²) in [6.45, 7) is 0. The van der Waals surface area contributed by atoms with Gasteiger partial charge in [-0.05, 0) is 52.6 Å². The van der Waals surface area contributed by atoms with Crippen LogP contribution in [-0.2, 0) is 5.41 Å². The van der Waals surface area contributed by atoms with Gasteiger partial charge in [0.25, 0.3) is 0 Å². The molecular weight excluding hydrogens is 358 g/mol. The van der Waals surface area contributed by atoms with Crippen LogP contribution in [0.15, 0.2) is 108 Å². The molecule has 0 radical (unpaired) electrons. The number of para-hydroxylation sites is 1. The first-order chi connectivity index (χ1) is 14.2. The van der Waals surface area contributed by atoms with Crippen LogP contribution in [0.2, 0.25) is 0 Å². The molecule has 1 aliphatic rings. The highest BCUT2D eigenvalue weighted by molar-refractivity contribution is 6.17. The van der Waals surface area contributed by atoms with Crippen LogP contribution in [0.3, 0.4) is 0 Å². The number of phenols is 2. The van der Waals surface area contributed by atoms with Gasteiger partial charge in [0, 0.05) is 0 Å². The molecule has 1 aliphatic heterocycles. The summed E-state index contributed by atoms with van der Waals surface area (Å²) in [5.41, 5.74) is 5.32. The molecule has 0 fully saturated rings. The Morgan fingerprint density at radius 3 is 1.66 bits per heavy atom. The van der Waals surface area contributed by atoms with Crippen molar-refractivity contribution in [2.75, 3.05) is 0 Å². The van der Waals surface area contributed by atoms with E-state index in [-0.39, 0.29) is 11.5 Å². The van der Waals surface area contributed by atoms with E-state index in [2.05, 4.69) is 18.2 Å². The van der Waals surface area contributed by atoms with Crippen molar-refractivity contribution in [2.24, 2.45) is 4.99 Å². The quantitative estimate of drug-likeness (QED) is 0.491. The van der Waals surface area contributed by atoms with Gasteiger partial charge in [-0.2, -0.15) is 0 Å². The van der Waals surface area contributed by atoms with Crippen molar-refractivity contribution in [3.8, 4) is 11.5 Å². The fourth-order valence-corrected chi connectivity index (χ4v) is 4.27. The second-order valence-electron chi connectivity index (χ2n) is 7.19. The first-order valence-electron chi connectivity index (χ1n) is 9.53. The van der Waals surface area contributed by atoms with E-state index in [0.29, 0.717) is 0 Å². The molecule has 140 valence electrons. The van der Waals surface area contributed by atoms with Crippen molar-refractivity contribution in [3.05, 3.63) is 125 Å². The van der Waals surface area contributed by atoms with Crippen LogP contribution in [0.5, 0.6) is 11.5 Å². The highest BCUT2D eigenvalue weighted by Gasteiger charge is 2.46. The molecule has 4 aromatic rings. The Morgan fingerprint density at radius 2 is 1.07 bits per heavy atom. The van der Waals surface area contributed by atoms with Crippen LogP contribution < -0.4 is 0 Å². The lowest BCUT2D eigenvalue weighted by Gasteiger charge is -2.34. The van der Waals surface area contributed by atoms with E-state index < -0.39 is 5.41 Å². The Bertz CT molecular complexity index is 1150. The van der Waals surface area contributed by atoms with Crippen molar-refractivity contribution < 1.29 is 10.2 Å². The SMILES string of the molecule is Oc1ccc(C2(c3ccc(O)cc3)C(c3ccccc3)=Nc3ccccc32)cc1. The fraction of sp³-hybridized carbons (Fsp3) is 0.0385. The van der Waals surface area contributed by atoms with Gasteiger partial charge < -0.3 is 10.2 Å². The summed E-state index contributed by atoms with van der Waals surface area (Å²) in [6.07, 6.45) is 0. The molecular formula is C26H19NO2. The second-order valence-corrected chi connectivity index (χ2v) is 7.19. The van der Waals surface area contributed by atoms with Gasteiger partial charge in [0.15, 0.2) is 0 Å². The monoisotopic (exact) mass is 377 g/mol. The third kappa shape index (κ3) is 2.63. The number of rotatable bonds is 3. The first-order valence-corrected chi connectivity index (χ1v) is 9.53. The Morgan fingerprint density at radius 1 is 0.552 bits per heavy atom. The van der Waals surface area contributed by atoms with Crippen LogP contribution in [0.25, 0.3) is 0 Å². The molecule has 3 nitrogen and oxygen atoms in total. The number of benzene rings is 4. The lowest BCUT2D eigenvalue weighted by molar-refractivity contribution is 0.475. The van der Waals surface area contributed by atoms with E-state index in [1.807, 2.05) is 60.7 Å². The van der Waals surface area contributed by atoms with Crippen molar-refractivity contribution in [2.45, 2.75) is 5.41 Å². The van der Waals surface area contributed by atoms with Gasteiger partial charge in [-0.25, -0.2) is 0 Å². The molecule has 0 aliphatic carbocycles. The standard InChI is InChI=1S/C26H19NO2/c28-21-14-10-19(11-15-21)26(20-12-16-22(29)17-13-20)23-8-4-5-9-24(23)27-25(26)18-6-2-1-3-7-18/h1-17,28-29H. The van der Waals surface area contributed by atoms with Gasteiger partial charge in [0.2, 0.25) is 0 Å². The molecule has 4 aromatic carbocycles. The molecule has 29 heavy (non-hydrogen) atoms. The second kappa shape index (κ2) is 6.64. The summed E-state index contributed by atoms with van der Waals surface area (Å²) < 4.78 is 0. The van der Waals surface area contributed by atoms with E-state index in [4.69, 9.17) is 4.99 Å². The molecule has 0 unspecified atom stereocenters. The summed E-state index contributed by atoms with van der Waals surface area (Å²) >= 11 is 0. The molecule has 0 amide bonds. The number of aromatic hydroxyl groups is 2. The molecule has 0 saturated heterocycles. The average Bonchev–Trinajstić information content (AvgIpc) is 3.11. The predicted octanol–water partition coefficient (Wildman–Crippen LogP) is 5.57. The van der Waals surface area contributed by atoms with Gasteiger partial charge in [0.05, 0.1) is 16.8 Å². The van der Waals surface area contributed by atoms with Crippen molar-refractivity contribution in [1.82, 2.24) is 0 Å². The summed E-state index contributed by atoms with van der Waals surface area (Å²) in [4.78, 5) is 5.06. The Hall–Kier alpha value is -3.85. The number of nitrogens with zero attached hydrogens (tertiary/aromatic N) is 1. The molecule has 0 saturated carbocycles. The third-order valence-corrected chi connectivity index (χ3v) is 5.54. The predicted molar refractivity (Wildman–Crippen MR) is 115 cm³/mol. The van der Waals surface area contributed by atoms with Gasteiger partial charge in [-0.3, -0.25) is 4.99 Å². The molecule has 0 spiro atoms. The lowest BCUT2D eigenvalue weighted by atomic mass is 9.66. The number of hydrogen-bond acceptors (Lipinski definition) is 3. The van der Waals surface area contributed by atoms with Crippen molar-refractivity contribution in [1.29, 1.82) is 0 Å². The van der Waals surface area contributed by atoms with E-state index in [1.165, 1.54) is 0 Å². The summed E-state index contributed by atoms with van der Waals surface area (Å²) in [5, 5.41) is 19.8. The zero-order valence-corrected chi connectivity index (χ0v) is 15.7. The summed E-state index contributed by atoms with van der Waals surface area (Å²) in [6, 6.07) is 32.9. The van der Waals surface area contributed by atoms with Crippen LogP contribution in [0, 0.1) is 0 Å². The van der Waals surface area contributed by atoms with Gasteiger partial charge in [0.1, 0.15) is 11.5 Å². The lowest BCUT2D eigenvalue weighted by Crippen LogP contribution is -2.36. The number of aliphatic imine (C=N–C) groups is 1. The maximum Gasteiger partial charge on any atom is 0.115 e. The zero-order chi connectivity index (χ0) is 19.8. The third-order valence-electron chi connectivity index (χ3n) is 5.54. The maximum absolute atomic E-state index is 9.91. The van der Waals surface area contributed by atoms with Crippen LogP contribution in [-0.4, -0.2) is 15.9 Å². The van der Waals surface area contributed by atoms with Gasteiger partial charge in [-0.15, -0.1) is 0 Å². The van der Waals surface area contributed by atoms with E-state index in [0.717, 1.165) is 33.7 Å². The van der Waals surface area contributed by atoms with Crippen LogP contribution in [0.1, 0.15) is 22.3 Å². The smallest absolute Gasteiger partial charge is 0.115 e. The fourth-order valence-electron chi connectivity index (χ4n) is 4.27. The number of phenolic OH excluding ortho intramolecular Hbond substituents is 2. The number of hydrogen-bond donors (Lipinski definition) is 2. The van der Waals surface area contributed by atoms with E-state index in [9.17, 15) is 10.2 Å². The Labute approximate surface area is 169 Å². The van der Waals surface area contributed by atoms with Crippen LogP contribution >= 0.6 is 0 Å². The van der Waals surface area contributed by atoms with Gasteiger partial charge in [-0.1, -0.05) is 72.8 Å². The molecule has 0 bridgehead atoms. The maximum atomic E-state index is 9.91. The summed E-state index contributed by atoms with van der Waals surface area (Å²) in [7, 11) is 0. The summed E-state index contributed by atoms with van der Waals surface area (Å²) in [5.74, 6) is 0.443. The molecule has 1 heterocycles. The average molecular weight is 377 g/mol. The Kier molecular flexibility index (Phi) is 3.95. The van der Waals surface area contributed by atoms with Crippen molar-refractivity contribution >= 4 is 11.4 Å². The van der Waals surface area contributed by atoms with Crippen molar-refractivity contribution in [3.63, 3.8) is 0 Å². The first kappa shape index (κ1) is 17.3. The molecule has 0 aromatic heterocycles. The topological polar surface area (TPSA) is 52.8 Å². The Balaban J connectivity index is 1.89. The van der Waals surface area contributed by atoms with E-state index in [1.54, 1.807) is 24.3 Å². The molecule has 3 heteroatoms. The minimum Gasteiger partial charge on any atom is -0.508 e. The largest absolute Gasteiger partial charge is 0.508 e. The minimum atomic E-state index is -0.653. The molecule has 0 atom stereocenters.